The number of rotatable bonds is 7. The molecular weight excluding hydrogens is 455 g/mol. The molecule has 1 aliphatic carbocycles. The maximum absolute atomic E-state index is 13.4. The van der Waals surface area contributed by atoms with Gasteiger partial charge in [0.15, 0.2) is 5.13 Å². The van der Waals surface area contributed by atoms with Crippen LogP contribution in [0.15, 0.2) is 34.7 Å². The number of aliphatic carboxylic acids is 1. The maximum Gasteiger partial charge on any atom is 0.573 e. The summed E-state index contributed by atoms with van der Waals surface area (Å²) in [6.07, 6.45) is -0.0189. The van der Waals surface area contributed by atoms with Gasteiger partial charge in [0.1, 0.15) is 5.75 Å². The smallest absolute Gasteiger partial charge is 0.481 e. The molecule has 1 heterocycles. The van der Waals surface area contributed by atoms with E-state index in [0.29, 0.717) is 15.0 Å². The minimum Gasteiger partial charge on any atom is -0.481 e. The Bertz CT molecular complexity index is 932. The summed E-state index contributed by atoms with van der Waals surface area (Å²) in [4.78, 5) is 31.1. The van der Waals surface area contributed by atoms with Gasteiger partial charge in [-0.25, -0.2) is 9.78 Å². The van der Waals surface area contributed by atoms with Crippen LogP contribution in [0.4, 0.5) is 28.8 Å². The number of benzene rings is 1. The third-order valence-electron chi connectivity index (χ3n) is 4.61. The van der Waals surface area contributed by atoms with Gasteiger partial charge in [-0.2, -0.15) is 0 Å². The molecule has 3 rings (SSSR count). The lowest BCUT2D eigenvalue weighted by molar-refractivity contribution is -0.274. The van der Waals surface area contributed by atoms with Crippen LogP contribution in [0.25, 0.3) is 0 Å². The molecule has 1 saturated carbocycles. The highest BCUT2D eigenvalue weighted by molar-refractivity contribution is 8.01. The van der Waals surface area contributed by atoms with Crippen molar-refractivity contribution >= 4 is 45.9 Å². The Balaban J connectivity index is 1.84. The summed E-state index contributed by atoms with van der Waals surface area (Å²) in [5, 5.41) is 9.17. The van der Waals surface area contributed by atoms with Crippen LogP contribution in [0, 0.1) is 0 Å². The van der Waals surface area contributed by atoms with Crippen molar-refractivity contribution in [1.29, 1.82) is 0 Å². The highest BCUT2D eigenvalue weighted by Gasteiger charge is 2.34. The van der Waals surface area contributed by atoms with E-state index in [1.165, 1.54) is 52.6 Å². The molecule has 0 aliphatic heterocycles. The van der Waals surface area contributed by atoms with E-state index in [1.807, 2.05) is 0 Å². The zero-order chi connectivity index (χ0) is 22.6. The van der Waals surface area contributed by atoms with Gasteiger partial charge in [-0.05, 0) is 25.0 Å². The number of hydrogen-bond donors (Lipinski definition) is 1. The number of carbonyl (C=O) groups is 2. The number of alkyl halides is 3. The van der Waals surface area contributed by atoms with Crippen molar-refractivity contribution in [3.8, 4) is 5.75 Å². The Kier molecular flexibility index (Phi) is 7.31. The number of halogens is 3. The fraction of sp³-hybridized carbons (Fsp3) is 0.421. The largest absolute Gasteiger partial charge is 0.573 e. The third-order valence-corrected chi connectivity index (χ3v) is 6.86. The number of carboxylic acids is 1. The molecule has 0 bridgehead atoms. The molecule has 1 aliphatic rings. The van der Waals surface area contributed by atoms with E-state index < -0.39 is 24.1 Å². The lowest BCUT2D eigenvalue weighted by atomic mass is 10.2. The number of aromatic nitrogens is 1. The van der Waals surface area contributed by atoms with Crippen LogP contribution in [-0.2, 0) is 4.79 Å². The molecule has 1 aromatic carbocycles. The van der Waals surface area contributed by atoms with Crippen LogP contribution in [-0.4, -0.2) is 47.3 Å². The standard InChI is InChI=1S/C19H20F3N3O4S2/c1-24(17-23-10-16(31-17)30-11-15(26)27)18(28)25(12-5-2-3-6-12)13-7-4-8-14(9-13)29-19(20,21)22/h4,7-10,12H,2-3,5-6,11H2,1H3,(H,26,27). The highest BCUT2D eigenvalue weighted by Crippen LogP contribution is 2.35. The third kappa shape index (κ3) is 6.26. The van der Waals surface area contributed by atoms with E-state index in [2.05, 4.69) is 9.72 Å². The monoisotopic (exact) mass is 475 g/mol. The molecule has 0 spiro atoms. The van der Waals surface area contributed by atoms with E-state index in [1.54, 1.807) is 6.07 Å². The second-order valence-electron chi connectivity index (χ2n) is 6.84. The molecule has 12 heteroatoms. The molecule has 0 radical (unpaired) electrons. The highest BCUT2D eigenvalue weighted by atomic mass is 32.2. The summed E-state index contributed by atoms with van der Waals surface area (Å²) in [7, 11) is 1.53. The van der Waals surface area contributed by atoms with Crippen molar-refractivity contribution in [2.45, 2.75) is 42.3 Å². The second kappa shape index (κ2) is 9.77. The lowest BCUT2D eigenvalue weighted by Crippen LogP contribution is -2.46. The predicted molar refractivity (Wildman–Crippen MR) is 112 cm³/mol. The van der Waals surface area contributed by atoms with Crippen LogP contribution in [0.3, 0.4) is 0 Å². The lowest BCUT2D eigenvalue weighted by Gasteiger charge is -2.32. The molecule has 0 saturated heterocycles. The van der Waals surface area contributed by atoms with Gasteiger partial charge in [0.05, 0.1) is 16.2 Å². The minimum atomic E-state index is -4.83. The fourth-order valence-corrected chi connectivity index (χ4v) is 4.95. The van der Waals surface area contributed by atoms with E-state index in [0.717, 1.165) is 37.4 Å². The summed E-state index contributed by atoms with van der Waals surface area (Å²) in [5.41, 5.74) is 0.308. The van der Waals surface area contributed by atoms with Crippen LogP contribution in [0.1, 0.15) is 25.7 Å². The zero-order valence-corrected chi connectivity index (χ0v) is 18.1. The van der Waals surface area contributed by atoms with Gasteiger partial charge >= 0.3 is 18.4 Å². The average Bonchev–Trinajstić information content (AvgIpc) is 3.37. The molecule has 0 unspecified atom stereocenters. The van der Waals surface area contributed by atoms with Gasteiger partial charge in [0.2, 0.25) is 0 Å². The number of thiazole rings is 1. The number of nitrogens with zero attached hydrogens (tertiary/aromatic N) is 3. The van der Waals surface area contributed by atoms with Gasteiger partial charge in [0, 0.05) is 24.8 Å². The van der Waals surface area contributed by atoms with E-state index in [4.69, 9.17) is 5.11 Å². The Hall–Kier alpha value is -2.47. The normalized spacial score (nSPS) is 14.5. The number of carbonyl (C=O) groups excluding carboxylic acids is 1. The van der Waals surface area contributed by atoms with Crippen LogP contribution >= 0.6 is 23.1 Å². The Labute approximate surface area is 184 Å². The first-order valence-electron chi connectivity index (χ1n) is 9.37. The van der Waals surface area contributed by atoms with Crippen molar-refractivity contribution < 1.29 is 32.6 Å². The summed E-state index contributed by atoms with van der Waals surface area (Å²) in [5.74, 6) is -1.48. The SMILES string of the molecule is CN(C(=O)N(c1cccc(OC(F)(F)F)c1)C1CCCC1)c1ncc(SCC(=O)O)s1. The Morgan fingerprint density at radius 3 is 2.68 bits per heavy atom. The first kappa shape index (κ1) is 23.2. The number of carboxylic acid groups (broad SMARTS) is 1. The van der Waals surface area contributed by atoms with Crippen molar-refractivity contribution in [3.05, 3.63) is 30.5 Å². The number of anilines is 2. The fourth-order valence-electron chi connectivity index (χ4n) is 3.32. The maximum atomic E-state index is 13.4. The molecule has 1 fully saturated rings. The summed E-state index contributed by atoms with van der Waals surface area (Å²) < 4.78 is 42.6. The Morgan fingerprint density at radius 1 is 1.32 bits per heavy atom. The Morgan fingerprint density at radius 2 is 2.03 bits per heavy atom. The van der Waals surface area contributed by atoms with Crippen molar-refractivity contribution in [2.24, 2.45) is 0 Å². The molecule has 1 N–H and O–H groups in total. The second-order valence-corrected chi connectivity index (χ2v) is 9.12. The molecular formula is C19H20F3N3O4S2. The molecule has 31 heavy (non-hydrogen) atoms. The molecule has 1 aromatic heterocycles. The molecule has 2 aromatic rings. The zero-order valence-electron chi connectivity index (χ0n) is 16.5. The van der Waals surface area contributed by atoms with Gasteiger partial charge in [0.25, 0.3) is 0 Å². The molecule has 2 amide bonds. The average molecular weight is 476 g/mol. The van der Waals surface area contributed by atoms with Gasteiger partial charge < -0.3 is 9.84 Å². The van der Waals surface area contributed by atoms with Crippen molar-refractivity contribution in [2.75, 3.05) is 22.6 Å². The number of hydrogen-bond acceptors (Lipinski definition) is 6. The van der Waals surface area contributed by atoms with Crippen LogP contribution in [0.5, 0.6) is 5.75 Å². The number of thioether (sulfide) groups is 1. The topological polar surface area (TPSA) is 83.0 Å². The minimum absolute atomic E-state index is 0.126. The summed E-state index contributed by atoms with van der Waals surface area (Å²) in [6.45, 7) is 0. The quantitative estimate of drug-likeness (QED) is 0.553. The summed E-state index contributed by atoms with van der Waals surface area (Å²) in [6, 6.07) is 4.79. The van der Waals surface area contributed by atoms with Gasteiger partial charge in [-0.15, -0.1) is 24.9 Å². The van der Waals surface area contributed by atoms with Crippen molar-refractivity contribution in [1.82, 2.24) is 4.98 Å². The van der Waals surface area contributed by atoms with Gasteiger partial charge in [-0.1, -0.05) is 30.2 Å². The van der Waals surface area contributed by atoms with Crippen LogP contribution in [0.2, 0.25) is 0 Å². The number of ether oxygens (including phenoxy) is 1. The van der Waals surface area contributed by atoms with E-state index >= 15 is 0 Å². The van der Waals surface area contributed by atoms with E-state index in [-0.39, 0.29) is 11.8 Å². The van der Waals surface area contributed by atoms with Crippen molar-refractivity contribution in [3.63, 3.8) is 0 Å². The first-order valence-corrected chi connectivity index (χ1v) is 11.2. The van der Waals surface area contributed by atoms with Crippen LogP contribution < -0.4 is 14.5 Å². The van der Waals surface area contributed by atoms with Gasteiger partial charge in [-0.3, -0.25) is 14.6 Å². The molecule has 0 atom stereocenters. The first-order chi connectivity index (χ1) is 14.6. The number of urea groups is 1. The van der Waals surface area contributed by atoms with E-state index in [9.17, 15) is 22.8 Å². The summed E-state index contributed by atoms with van der Waals surface area (Å²) >= 11 is 2.27. The number of amides is 2. The molecule has 7 nitrogen and oxygen atoms in total. The predicted octanol–water partition coefficient (Wildman–Crippen LogP) is 5.22. The molecule has 168 valence electrons.